The van der Waals surface area contributed by atoms with E-state index in [2.05, 4.69) is 114 Å². The van der Waals surface area contributed by atoms with Gasteiger partial charge in [0.05, 0.1) is 17.1 Å². The maximum Gasteiger partial charge on any atom is 0.0566 e. The van der Waals surface area contributed by atoms with E-state index in [0.717, 1.165) is 5.69 Å². The molecule has 0 saturated heterocycles. The number of aromatic amines is 1. The molecule has 0 fully saturated rings. The Bertz CT molecular complexity index is 1360. The number of nitrogens with one attached hydrogen (secondary N) is 1. The number of aryl methyl sites for hydroxylation is 1. The van der Waals surface area contributed by atoms with Crippen LogP contribution in [0.4, 0.5) is 17.1 Å². The number of anilines is 3. The molecule has 0 spiro atoms. The second-order valence-electron chi connectivity index (χ2n) is 7.63. The Morgan fingerprint density at radius 3 is 2.10 bits per heavy atom. The van der Waals surface area contributed by atoms with Gasteiger partial charge in [-0.25, -0.2) is 0 Å². The number of para-hydroxylation sites is 3. The fourth-order valence-corrected chi connectivity index (χ4v) is 4.53. The molecule has 2 heterocycles. The fraction of sp³-hybridized carbons (Fsp3) is 0.0370. The van der Waals surface area contributed by atoms with E-state index in [4.69, 9.17) is 0 Å². The van der Waals surface area contributed by atoms with Crippen molar-refractivity contribution in [3.63, 3.8) is 0 Å². The number of hydrogen-bond donors (Lipinski definition) is 1. The molecule has 29 heavy (non-hydrogen) atoms. The number of fused-ring (bicyclic) bond motifs is 7. The zero-order valence-electron chi connectivity index (χ0n) is 16.2. The van der Waals surface area contributed by atoms with Crippen molar-refractivity contribution in [2.24, 2.45) is 0 Å². The molecule has 0 unspecified atom stereocenters. The van der Waals surface area contributed by atoms with Crippen LogP contribution in [0.15, 0.2) is 97.1 Å². The van der Waals surface area contributed by atoms with Gasteiger partial charge in [0.15, 0.2) is 0 Å². The first-order chi connectivity index (χ1) is 14.3. The summed E-state index contributed by atoms with van der Waals surface area (Å²) in [6.45, 7) is 2.16. The minimum absolute atomic E-state index is 1.16. The highest BCUT2D eigenvalue weighted by molar-refractivity contribution is 6.11. The molecule has 0 aliphatic carbocycles. The summed E-state index contributed by atoms with van der Waals surface area (Å²) in [5.41, 5.74) is 10.9. The first-order valence-corrected chi connectivity index (χ1v) is 9.97. The Morgan fingerprint density at radius 1 is 0.655 bits per heavy atom. The maximum absolute atomic E-state index is 3.73. The smallest absolute Gasteiger partial charge is 0.0566 e. The van der Waals surface area contributed by atoms with Crippen molar-refractivity contribution in [2.75, 3.05) is 4.90 Å². The summed E-state index contributed by atoms with van der Waals surface area (Å²) in [5.74, 6) is 0. The summed E-state index contributed by atoms with van der Waals surface area (Å²) in [4.78, 5) is 6.10. The summed E-state index contributed by atoms with van der Waals surface area (Å²) in [7, 11) is 0. The summed E-state index contributed by atoms with van der Waals surface area (Å²) in [6, 6.07) is 34.7. The Hall–Kier alpha value is -3.78. The molecule has 0 radical (unpaired) electrons. The molecule has 1 N–H and O–H groups in total. The lowest BCUT2D eigenvalue weighted by Crippen LogP contribution is -2.10. The third-order valence-corrected chi connectivity index (χ3v) is 5.80. The lowest BCUT2D eigenvalue weighted by molar-refractivity contribution is 1.29. The Kier molecular flexibility index (Phi) is 3.41. The molecular formula is C27H20N2. The minimum Gasteiger partial charge on any atom is -0.354 e. The van der Waals surface area contributed by atoms with Crippen molar-refractivity contribution in [3.8, 4) is 22.4 Å². The predicted octanol–water partition coefficient (Wildman–Crippen LogP) is 7.59. The number of H-pyrrole nitrogens is 1. The number of hydrogen-bond acceptors (Lipinski definition) is 1. The van der Waals surface area contributed by atoms with E-state index in [-0.39, 0.29) is 0 Å². The average Bonchev–Trinajstić information content (AvgIpc) is 3.08. The van der Waals surface area contributed by atoms with E-state index in [1.54, 1.807) is 0 Å². The van der Waals surface area contributed by atoms with Crippen molar-refractivity contribution in [3.05, 3.63) is 103 Å². The number of benzene rings is 4. The summed E-state index contributed by atoms with van der Waals surface area (Å²) >= 11 is 0. The zero-order valence-corrected chi connectivity index (χ0v) is 16.2. The Morgan fingerprint density at radius 2 is 1.31 bits per heavy atom. The van der Waals surface area contributed by atoms with Gasteiger partial charge >= 0.3 is 0 Å². The molecule has 1 aliphatic heterocycles. The summed E-state index contributed by atoms with van der Waals surface area (Å²) in [5, 5.41) is 1.28. The molecule has 0 bridgehead atoms. The van der Waals surface area contributed by atoms with Gasteiger partial charge in [0, 0.05) is 33.3 Å². The van der Waals surface area contributed by atoms with Gasteiger partial charge in [-0.1, -0.05) is 66.2 Å². The molecule has 0 amide bonds. The molecule has 2 nitrogen and oxygen atoms in total. The van der Waals surface area contributed by atoms with Crippen LogP contribution in [0.3, 0.4) is 0 Å². The first kappa shape index (κ1) is 16.2. The molecule has 6 rings (SSSR count). The highest BCUT2D eigenvalue weighted by Crippen LogP contribution is 2.52. The standard InChI is InChI=1S/C27H20N2/c1-18-15-16-23-22(17-18)26-20-11-5-7-13-24(20)29(19-9-3-2-4-10-19)25-14-8-6-12-21(25)27(26)28-23/h2-17,28H,1H3. The highest BCUT2D eigenvalue weighted by Gasteiger charge is 2.28. The summed E-state index contributed by atoms with van der Waals surface area (Å²) < 4.78 is 0. The normalized spacial score (nSPS) is 12.2. The van der Waals surface area contributed by atoms with Crippen LogP contribution in [0.25, 0.3) is 33.3 Å². The number of nitrogens with zero attached hydrogens (tertiary/aromatic N) is 1. The second-order valence-corrected chi connectivity index (χ2v) is 7.63. The van der Waals surface area contributed by atoms with Crippen LogP contribution in [0.1, 0.15) is 5.56 Å². The first-order valence-electron chi connectivity index (χ1n) is 9.97. The van der Waals surface area contributed by atoms with E-state index in [9.17, 15) is 0 Å². The van der Waals surface area contributed by atoms with Gasteiger partial charge in [0.2, 0.25) is 0 Å². The average molecular weight is 372 g/mol. The van der Waals surface area contributed by atoms with Crippen LogP contribution >= 0.6 is 0 Å². The molecule has 0 atom stereocenters. The van der Waals surface area contributed by atoms with Crippen LogP contribution in [-0.2, 0) is 0 Å². The topological polar surface area (TPSA) is 19.0 Å². The van der Waals surface area contributed by atoms with E-state index >= 15 is 0 Å². The van der Waals surface area contributed by atoms with Crippen LogP contribution in [0.5, 0.6) is 0 Å². The minimum atomic E-state index is 1.16. The van der Waals surface area contributed by atoms with Crippen LogP contribution in [-0.4, -0.2) is 4.98 Å². The van der Waals surface area contributed by atoms with E-state index < -0.39 is 0 Å². The molecule has 1 aliphatic rings. The molecule has 1 aromatic heterocycles. The van der Waals surface area contributed by atoms with Crippen LogP contribution in [0.2, 0.25) is 0 Å². The van der Waals surface area contributed by atoms with Gasteiger partial charge in [-0.3, -0.25) is 0 Å². The van der Waals surface area contributed by atoms with Crippen LogP contribution in [0, 0.1) is 6.92 Å². The van der Waals surface area contributed by atoms with Gasteiger partial charge in [-0.15, -0.1) is 0 Å². The molecule has 138 valence electrons. The molecule has 2 heteroatoms. The van der Waals surface area contributed by atoms with Crippen LogP contribution < -0.4 is 4.90 Å². The third-order valence-electron chi connectivity index (χ3n) is 5.80. The fourth-order valence-electron chi connectivity index (χ4n) is 4.53. The quantitative estimate of drug-likeness (QED) is 0.315. The molecule has 5 aromatic rings. The van der Waals surface area contributed by atoms with Gasteiger partial charge in [0.25, 0.3) is 0 Å². The predicted molar refractivity (Wildman–Crippen MR) is 122 cm³/mol. The monoisotopic (exact) mass is 372 g/mol. The van der Waals surface area contributed by atoms with Gasteiger partial charge in [-0.05, 0) is 43.3 Å². The van der Waals surface area contributed by atoms with Crippen molar-refractivity contribution in [1.29, 1.82) is 0 Å². The number of aromatic nitrogens is 1. The maximum atomic E-state index is 3.73. The second kappa shape index (κ2) is 6.11. The van der Waals surface area contributed by atoms with E-state index in [1.807, 2.05) is 0 Å². The van der Waals surface area contributed by atoms with E-state index in [1.165, 1.54) is 50.2 Å². The lowest BCUT2D eigenvalue weighted by atomic mass is 9.97. The van der Waals surface area contributed by atoms with Crippen molar-refractivity contribution < 1.29 is 0 Å². The SMILES string of the molecule is Cc1ccc2[nH]c3c(c2c1)-c1ccccc1N(c1ccccc1)c1ccccc1-3. The largest absolute Gasteiger partial charge is 0.354 e. The van der Waals surface area contributed by atoms with E-state index in [0.29, 0.717) is 0 Å². The summed E-state index contributed by atoms with van der Waals surface area (Å²) in [6.07, 6.45) is 0. The zero-order chi connectivity index (χ0) is 19.4. The van der Waals surface area contributed by atoms with Crippen molar-refractivity contribution in [1.82, 2.24) is 4.98 Å². The van der Waals surface area contributed by atoms with Gasteiger partial charge in [-0.2, -0.15) is 0 Å². The van der Waals surface area contributed by atoms with Crippen molar-refractivity contribution >= 4 is 28.0 Å². The molecule has 0 saturated carbocycles. The van der Waals surface area contributed by atoms with Crippen molar-refractivity contribution in [2.45, 2.75) is 6.92 Å². The third kappa shape index (κ3) is 2.36. The Labute approximate surface area is 170 Å². The number of rotatable bonds is 1. The molecule has 4 aromatic carbocycles. The van der Waals surface area contributed by atoms with Gasteiger partial charge < -0.3 is 9.88 Å². The highest BCUT2D eigenvalue weighted by atomic mass is 15.2. The molecular weight excluding hydrogens is 352 g/mol. The lowest BCUT2D eigenvalue weighted by Gasteiger charge is -2.27. The van der Waals surface area contributed by atoms with Gasteiger partial charge in [0.1, 0.15) is 0 Å². The Balaban J connectivity index is 1.79.